The van der Waals surface area contributed by atoms with Crippen LogP contribution in [0.1, 0.15) is 40.0 Å². The molecule has 0 aromatic rings. The van der Waals surface area contributed by atoms with Crippen molar-refractivity contribution in [1.82, 2.24) is 4.90 Å². The lowest BCUT2D eigenvalue weighted by atomic mass is 10.0. The second-order valence-corrected chi connectivity index (χ2v) is 5.43. The third-order valence-electron chi connectivity index (χ3n) is 2.61. The highest BCUT2D eigenvalue weighted by molar-refractivity contribution is 5.69. The van der Waals surface area contributed by atoms with Crippen LogP contribution in [0.3, 0.4) is 0 Å². The Hall–Kier alpha value is -1.52. The van der Waals surface area contributed by atoms with Crippen LogP contribution in [0.15, 0.2) is 11.6 Å². The molecule has 5 heteroatoms. The highest BCUT2D eigenvalue weighted by atomic mass is 16.6. The summed E-state index contributed by atoms with van der Waals surface area (Å²) in [6.45, 7) is 6.61. The molecule has 102 valence electrons. The van der Waals surface area contributed by atoms with Crippen LogP contribution in [0, 0.1) is 0 Å². The highest BCUT2D eigenvalue weighted by Crippen LogP contribution is 2.18. The topological polar surface area (TPSA) is 66.8 Å². The Balaban J connectivity index is 2.42. The predicted molar refractivity (Wildman–Crippen MR) is 67.4 cm³/mol. The molecule has 1 heterocycles. The summed E-state index contributed by atoms with van der Waals surface area (Å²) in [5, 5.41) is 8.60. The number of nitrogens with zero attached hydrogens (tertiary/aromatic N) is 1. The van der Waals surface area contributed by atoms with Crippen molar-refractivity contribution in [3.05, 3.63) is 11.6 Å². The van der Waals surface area contributed by atoms with Gasteiger partial charge in [-0.2, -0.15) is 0 Å². The molecule has 1 aliphatic heterocycles. The van der Waals surface area contributed by atoms with E-state index in [1.807, 2.05) is 26.8 Å². The number of carboxylic acid groups (broad SMARTS) is 1. The Kier molecular flexibility index (Phi) is 4.76. The van der Waals surface area contributed by atoms with E-state index in [0.717, 1.165) is 12.0 Å². The van der Waals surface area contributed by atoms with Gasteiger partial charge in [-0.05, 0) is 33.6 Å². The van der Waals surface area contributed by atoms with Gasteiger partial charge in [0.15, 0.2) is 0 Å². The number of aliphatic carboxylic acids is 1. The Labute approximate surface area is 107 Å². The van der Waals surface area contributed by atoms with Crippen molar-refractivity contribution in [3.8, 4) is 0 Å². The summed E-state index contributed by atoms with van der Waals surface area (Å²) in [7, 11) is 0. The highest BCUT2D eigenvalue weighted by Gasteiger charge is 2.23. The van der Waals surface area contributed by atoms with Gasteiger partial charge in [0.1, 0.15) is 5.60 Å². The van der Waals surface area contributed by atoms with Crippen LogP contribution >= 0.6 is 0 Å². The summed E-state index contributed by atoms with van der Waals surface area (Å²) in [6.07, 6.45) is 3.06. The Bertz CT molecular complexity index is 354. The van der Waals surface area contributed by atoms with Crippen molar-refractivity contribution >= 4 is 12.1 Å². The summed E-state index contributed by atoms with van der Waals surface area (Å²) < 4.78 is 5.27. The van der Waals surface area contributed by atoms with Crippen molar-refractivity contribution in [3.63, 3.8) is 0 Å². The normalized spacial score (nSPS) is 16.2. The van der Waals surface area contributed by atoms with Gasteiger partial charge in [-0.1, -0.05) is 11.6 Å². The summed E-state index contributed by atoms with van der Waals surface area (Å²) in [5.41, 5.74) is 0.627. The number of carbonyl (C=O) groups excluding carboxylic acids is 1. The van der Waals surface area contributed by atoms with Gasteiger partial charge in [0.2, 0.25) is 0 Å². The van der Waals surface area contributed by atoms with E-state index in [2.05, 4.69) is 0 Å². The Morgan fingerprint density at radius 1 is 1.44 bits per heavy atom. The summed E-state index contributed by atoms with van der Waals surface area (Å²) in [4.78, 5) is 23.9. The van der Waals surface area contributed by atoms with Crippen molar-refractivity contribution in [1.29, 1.82) is 0 Å². The molecule has 18 heavy (non-hydrogen) atoms. The molecule has 0 spiro atoms. The first kappa shape index (κ1) is 14.5. The maximum absolute atomic E-state index is 11.8. The van der Waals surface area contributed by atoms with Crippen LogP contribution in [0.5, 0.6) is 0 Å². The molecular formula is C13H21NO4. The van der Waals surface area contributed by atoms with Crippen LogP contribution in [0.4, 0.5) is 4.79 Å². The van der Waals surface area contributed by atoms with Crippen molar-refractivity contribution in [2.24, 2.45) is 0 Å². The largest absolute Gasteiger partial charge is 0.481 e. The van der Waals surface area contributed by atoms with Crippen molar-refractivity contribution in [2.45, 2.75) is 45.6 Å². The van der Waals surface area contributed by atoms with Gasteiger partial charge in [-0.25, -0.2) is 4.79 Å². The first-order valence-electron chi connectivity index (χ1n) is 6.15. The third-order valence-corrected chi connectivity index (χ3v) is 2.61. The zero-order chi connectivity index (χ0) is 13.8. The second-order valence-electron chi connectivity index (χ2n) is 5.43. The second kappa shape index (κ2) is 5.89. The molecule has 0 atom stereocenters. The van der Waals surface area contributed by atoms with E-state index < -0.39 is 11.6 Å². The van der Waals surface area contributed by atoms with Gasteiger partial charge in [-0.3, -0.25) is 4.79 Å². The van der Waals surface area contributed by atoms with E-state index >= 15 is 0 Å². The quantitative estimate of drug-likeness (QED) is 0.786. The van der Waals surface area contributed by atoms with Crippen LogP contribution in [0.2, 0.25) is 0 Å². The summed E-state index contributed by atoms with van der Waals surface area (Å²) in [5.74, 6) is -0.787. The van der Waals surface area contributed by atoms with Crippen LogP contribution < -0.4 is 0 Å². The van der Waals surface area contributed by atoms with E-state index in [0.29, 0.717) is 19.5 Å². The lowest BCUT2D eigenvalue weighted by Crippen LogP contribution is -2.39. The SMILES string of the molecule is CC(C)(C)OC(=O)N1CC=C(CCC(=O)O)CC1. The van der Waals surface area contributed by atoms with Crippen LogP contribution in [-0.4, -0.2) is 40.8 Å². The number of ether oxygens (including phenoxy) is 1. The fourth-order valence-corrected chi connectivity index (χ4v) is 1.70. The molecule has 1 N–H and O–H groups in total. The molecule has 0 aromatic heterocycles. The summed E-state index contributed by atoms with van der Waals surface area (Å²) in [6, 6.07) is 0. The zero-order valence-electron chi connectivity index (χ0n) is 11.2. The minimum Gasteiger partial charge on any atom is -0.481 e. The van der Waals surface area contributed by atoms with Gasteiger partial charge in [0.05, 0.1) is 0 Å². The fraction of sp³-hybridized carbons (Fsp3) is 0.692. The number of carbonyl (C=O) groups is 2. The monoisotopic (exact) mass is 255 g/mol. The van der Waals surface area contributed by atoms with Gasteiger partial charge in [0.25, 0.3) is 0 Å². The molecule has 0 aromatic carbocycles. The molecule has 5 nitrogen and oxygen atoms in total. The van der Waals surface area contributed by atoms with E-state index in [-0.39, 0.29) is 12.5 Å². The smallest absolute Gasteiger partial charge is 0.410 e. The number of hydrogen-bond donors (Lipinski definition) is 1. The van der Waals surface area contributed by atoms with Gasteiger partial charge >= 0.3 is 12.1 Å². The van der Waals surface area contributed by atoms with E-state index in [9.17, 15) is 9.59 Å². The molecule has 0 unspecified atom stereocenters. The first-order valence-corrected chi connectivity index (χ1v) is 6.15. The minimum atomic E-state index is -0.787. The van der Waals surface area contributed by atoms with Crippen LogP contribution in [-0.2, 0) is 9.53 Å². The lowest BCUT2D eigenvalue weighted by Gasteiger charge is -2.29. The van der Waals surface area contributed by atoms with Crippen LogP contribution in [0.25, 0.3) is 0 Å². The molecule has 0 aliphatic carbocycles. The van der Waals surface area contributed by atoms with Gasteiger partial charge in [-0.15, -0.1) is 0 Å². The summed E-state index contributed by atoms with van der Waals surface area (Å²) >= 11 is 0. The average Bonchev–Trinajstić information content (AvgIpc) is 2.24. The van der Waals surface area contributed by atoms with Crippen molar-refractivity contribution < 1.29 is 19.4 Å². The number of rotatable bonds is 3. The first-order chi connectivity index (χ1) is 8.28. The molecular weight excluding hydrogens is 234 g/mol. The minimum absolute atomic E-state index is 0.151. The van der Waals surface area contributed by atoms with Gasteiger partial charge in [0, 0.05) is 19.5 Å². The van der Waals surface area contributed by atoms with Crippen molar-refractivity contribution in [2.75, 3.05) is 13.1 Å². The molecule has 0 fully saturated rings. The van der Waals surface area contributed by atoms with Gasteiger partial charge < -0.3 is 14.7 Å². The Morgan fingerprint density at radius 3 is 2.56 bits per heavy atom. The number of carboxylic acids is 1. The molecule has 0 saturated heterocycles. The molecule has 1 amide bonds. The maximum atomic E-state index is 11.8. The average molecular weight is 255 g/mol. The van der Waals surface area contributed by atoms with E-state index in [1.165, 1.54) is 0 Å². The molecule has 1 rings (SSSR count). The third kappa shape index (κ3) is 5.21. The number of amides is 1. The zero-order valence-corrected chi connectivity index (χ0v) is 11.2. The fourth-order valence-electron chi connectivity index (χ4n) is 1.70. The molecule has 0 saturated carbocycles. The predicted octanol–water partition coefficient (Wildman–Crippen LogP) is 2.42. The number of hydrogen-bond acceptors (Lipinski definition) is 3. The lowest BCUT2D eigenvalue weighted by molar-refractivity contribution is -0.136. The maximum Gasteiger partial charge on any atom is 0.410 e. The Morgan fingerprint density at radius 2 is 2.11 bits per heavy atom. The van der Waals surface area contributed by atoms with E-state index in [4.69, 9.17) is 9.84 Å². The van der Waals surface area contributed by atoms with E-state index in [1.54, 1.807) is 4.90 Å². The molecule has 0 radical (unpaired) electrons. The molecule has 0 bridgehead atoms. The molecule has 1 aliphatic rings. The standard InChI is InChI=1S/C13H21NO4/c1-13(2,3)18-12(17)14-8-6-10(7-9-14)4-5-11(15)16/h6H,4-5,7-9H2,1-3H3,(H,15,16).